The third-order valence-corrected chi connectivity index (χ3v) is 6.72. The lowest BCUT2D eigenvalue weighted by Crippen LogP contribution is -2.30. The van der Waals surface area contributed by atoms with Gasteiger partial charge in [-0.2, -0.15) is 0 Å². The van der Waals surface area contributed by atoms with Gasteiger partial charge in [-0.05, 0) is 80.2 Å². The van der Waals surface area contributed by atoms with Gasteiger partial charge in [0, 0.05) is 24.1 Å². The summed E-state index contributed by atoms with van der Waals surface area (Å²) >= 11 is 6.41. The second kappa shape index (κ2) is 11.7. The average Bonchev–Trinajstić information content (AvgIpc) is 3.30. The van der Waals surface area contributed by atoms with Crippen LogP contribution in [0.1, 0.15) is 50.3 Å². The zero-order valence-corrected chi connectivity index (χ0v) is 22.3. The predicted octanol–water partition coefficient (Wildman–Crippen LogP) is 7.09. The minimum atomic E-state index is -0.821. The minimum absolute atomic E-state index is 0.0239. The molecule has 2 unspecified atom stereocenters. The number of rotatable bonds is 11. The van der Waals surface area contributed by atoms with Gasteiger partial charge in [0.15, 0.2) is 0 Å². The third-order valence-electron chi connectivity index (χ3n) is 6.42. The van der Waals surface area contributed by atoms with Crippen LogP contribution in [0.5, 0.6) is 5.75 Å². The molecule has 0 amide bonds. The molecular weight excluding hydrogens is 484 g/mol. The highest BCUT2D eigenvalue weighted by Crippen LogP contribution is 2.32. The molecule has 2 aromatic carbocycles. The fourth-order valence-corrected chi connectivity index (χ4v) is 4.77. The van der Waals surface area contributed by atoms with Gasteiger partial charge in [-0.25, -0.2) is 0 Å². The Balaban J connectivity index is 1.45. The SMILES string of the molecule is C=C(NC(CCC(=O)O)Cc1ccc(C2=CC3C=CC=C(C)C3=N2)cc1)c1ccc(OC(C)C)c(Cl)c1. The van der Waals surface area contributed by atoms with Crippen LogP contribution in [0.3, 0.4) is 0 Å². The van der Waals surface area contributed by atoms with Gasteiger partial charge in [-0.1, -0.05) is 60.7 Å². The lowest BCUT2D eigenvalue weighted by atomic mass is 9.93. The zero-order chi connectivity index (χ0) is 26.5. The van der Waals surface area contributed by atoms with Gasteiger partial charge >= 0.3 is 5.97 Å². The molecule has 0 saturated heterocycles. The molecule has 1 aliphatic heterocycles. The van der Waals surface area contributed by atoms with Crippen molar-refractivity contribution in [2.24, 2.45) is 10.9 Å². The number of carbonyl (C=O) groups is 1. The topological polar surface area (TPSA) is 70.9 Å². The standard InChI is InChI=1S/C31H33ClN2O3/c1-19(2)37-29-14-12-24(17-27(29)32)21(4)33-26(13-15-30(35)36)16-22-8-10-23(11-9-22)28-18-25-7-5-6-20(3)31(25)34-28/h5-12,14,17-19,25-26,33H,4,13,15-16H2,1-3H3,(H,35,36). The number of aliphatic carboxylic acids is 1. The average molecular weight is 517 g/mol. The summed E-state index contributed by atoms with van der Waals surface area (Å²) in [7, 11) is 0. The molecule has 37 heavy (non-hydrogen) atoms. The molecule has 2 aliphatic rings. The highest BCUT2D eigenvalue weighted by Gasteiger charge is 2.22. The Morgan fingerprint density at radius 2 is 1.97 bits per heavy atom. The number of allylic oxidation sites excluding steroid dienone is 5. The van der Waals surface area contributed by atoms with E-state index in [1.807, 2.05) is 32.0 Å². The van der Waals surface area contributed by atoms with Gasteiger partial charge in [-0.15, -0.1) is 0 Å². The minimum Gasteiger partial charge on any atom is -0.489 e. The van der Waals surface area contributed by atoms with Crippen molar-refractivity contribution in [2.45, 2.75) is 52.2 Å². The first kappa shape index (κ1) is 26.5. The van der Waals surface area contributed by atoms with Crippen molar-refractivity contribution >= 4 is 34.7 Å². The van der Waals surface area contributed by atoms with E-state index < -0.39 is 5.97 Å². The number of fused-ring (bicyclic) bond motifs is 1. The molecule has 6 heteroatoms. The Hall–Kier alpha value is -3.57. The first-order chi connectivity index (χ1) is 17.7. The van der Waals surface area contributed by atoms with Crippen molar-refractivity contribution < 1.29 is 14.6 Å². The Morgan fingerprint density at radius 1 is 1.22 bits per heavy atom. The normalized spacial score (nSPS) is 17.0. The van der Waals surface area contributed by atoms with Crippen LogP contribution in [0.2, 0.25) is 5.02 Å². The molecule has 192 valence electrons. The van der Waals surface area contributed by atoms with Crippen molar-refractivity contribution in [1.82, 2.24) is 5.32 Å². The van der Waals surface area contributed by atoms with Crippen LogP contribution >= 0.6 is 11.6 Å². The second-order valence-corrected chi connectivity index (χ2v) is 10.2. The number of hydrogen-bond donors (Lipinski definition) is 2. The van der Waals surface area contributed by atoms with Gasteiger partial charge in [0.1, 0.15) is 5.75 Å². The molecule has 0 saturated carbocycles. The number of carboxylic acid groups (broad SMARTS) is 1. The maximum atomic E-state index is 11.3. The second-order valence-electron chi connectivity index (χ2n) is 9.77. The van der Waals surface area contributed by atoms with E-state index in [2.05, 4.69) is 67.4 Å². The molecule has 0 aromatic heterocycles. The van der Waals surface area contributed by atoms with Crippen LogP contribution in [-0.4, -0.2) is 28.9 Å². The number of hydrogen-bond acceptors (Lipinski definition) is 4. The van der Waals surface area contributed by atoms with Gasteiger partial charge in [0.25, 0.3) is 0 Å². The lowest BCUT2D eigenvalue weighted by molar-refractivity contribution is -0.137. The van der Waals surface area contributed by atoms with Crippen molar-refractivity contribution in [2.75, 3.05) is 0 Å². The predicted molar refractivity (Wildman–Crippen MR) is 152 cm³/mol. The number of nitrogens with zero attached hydrogens (tertiary/aromatic N) is 1. The van der Waals surface area contributed by atoms with Gasteiger partial charge < -0.3 is 15.2 Å². The molecule has 5 nitrogen and oxygen atoms in total. The van der Waals surface area contributed by atoms with E-state index in [-0.39, 0.29) is 24.5 Å². The fourth-order valence-electron chi connectivity index (χ4n) is 4.54. The summed E-state index contributed by atoms with van der Waals surface area (Å²) in [5.74, 6) is 0.0487. The molecule has 1 heterocycles. The molecule has 2 N–H and O–H groups in total. The first-order valence-electron chi connectivity index (χ1n) is 12.6. The van der Waals surface area contributed by atoms with Crippen molar-refractivity contribution in [3.05, 3.63) is 101 Å². The van der Waals surface area contributed by atoms with Crippen LogP contribution < -0.4 is 10.1 Å². The molecule has 1 aliphatic carbocycles. The van der Waals surface area contributed by atoms with Crippen LogP contribution in [-0.2, 0) is 11.2 Å². The highest BCUT2D eigenvalue weighted by molar-refractivity contribution is 6.32. The number of benzene rings is 2. The van der Waals surface area contributed by atoms with E-state index in [0.717, 1.165) is 28.1 Å². The monoisotopic (exact) mass is 516 g/mol. The quantitative estimate of drug-likeness (QED) is 0.334. The van der Waals surface area contributed by atoms with Gasteiger partial charge in [0.2, 0.25) is 0 Å². The summed E-state index contributed by atoms with van der Waals surface area (Å²) in [6, 6.07) is 13.8. The summed E-state index contributed by atoms with van der Waals surface area (Å²) in [5.41, 5.74) is 7.01. The smallest absolute Gasteiger partial charge is 0.303 e. The van der Waals surface area contributed by atoms with Gasteiger partial charge in [0.05, 0.1) is 22.5 Å². The number of halogens is 1. The molecule has 4 rings (SSSR count). The van der Waals surface area contributed by atoms with Gasteiger partial charge in [-0.3, -0.25) is 9.79 Å². The molecule has 2 aromatic rings. The molecule has 0 fully saturated rings. The summed E-state index contributed by atoms with van der Waals surface area (Å²) in [5, 5.41) is 13.2. The summed E-state index contributed by atoms with van der Waals surface area (Å²) in [6.07, 6.45) is 9.76. The number of ether oxygens (including phenoxy) is 1. The Kier molecular flexibility index (Phi) is 8.34. The molecule has 0 radical (unpaired) electrons. The summed E-state index contributed by atoms with van der Waals surface area (Å²) in [4.78, 5) is 16.1. The first-order valence-corrected chi connectivity index (χ1v) is 13.0. The van der Waals surface area contributed by atoms with E-state index in [1.165, 1.54) is 5.57 Å². The fraction of sp³-hybridized carbons (Fsp3) is 0.290. The lowest BCUT2D eigenvalue weighted by Gasteiger charge is -2.22. The van der Waals surface area contributed by atoms with Crippen LogP contribution in [0.15, 0.2) is 83.9 Å². The van der Waals surface area contributed by atoms with E-state index in [1.54, 1.807) is 0 Å². The number of aliphatic imine (C=N–C) groups is 1. The maximum absolute atomic E-state index is 11.3. The van der Waals surface area contributed by atoms with Crippen LogP contribution in [0, 0.1) is 5.92 Å². The van der Waals surface area contributed by atoms with Crippen molar-refractivity contribution in [3.8, 4) is 5.75 Å². The zero-order valence-electron chi connectivity index (χ0n) is 21.5. The summed E-state index contributed by atoms with van der Waals surface area (Å²) in [6.45, 7) is 10.2. The Labute approximate surface area is 223 Å². The van der Waals surface area contributed by atoms with E-state index in [4.69, 9.17) is 21.3 Å². The molecular formula is C31H33ClN2O3. The van der Waals surface area contributed by atoms with Crippen LogP contribution in [0.4, 0.5) is 0 Å². The van der Waals surface area contributed by atoms with E-state index in [9.17, 15) is 9.90 Å². The van der Waals surface area contributed by atoms with Crippen LogP contribution in [0.25, 0.3) is 11.4 Å². The largest absolute Gasteiger partial charge is 0.489 e. The number of nitrogens with one attached hydrogen (secondary N) is 1. The Bertz CT molecular complexity index is 1300. The molecule has 0 bridgehead atoms. The van der Waals surface area contributed by atoms with E-state index >= 15 is 0 Å². The van der Waals surface area contributed by atoms with Crippen molar-refractivity contribution in [1.29, 1.82) is 0 Å². The molecule has 0 spiro atoms. The number of carboxylic acids is 1. The van der Waals surface area contributed by atoms with E-state index in [0.29, 0.717) is 29.3 Å². The highest BCUT2D eigenvalue weighted by atomic mass is 35.5. The maximum Gasteiger partial charge on any atom is 0.303 e. The third kappa shape index (κ3) is 6.80. The summed E-state index contributed by atoms with van der Waals surface area (Å²) < 4.78 is 5.72. The Morgan fingerprint density at radius 3 is 2.62 bits per heavy atom. The van der Waals surface area contributed by atoms with Crippen molar-refractivity contribution in [3.63, 3.8) is 0 Å². The molecule has 2 atom stereocenters.